The van der Waals surface area contributed by atoms with Gasteiger partial charge in [-0.05, 0) is 0 Å². The maximum Gasteiger partial charge on any atom is 0.242 e. The molecule has 1 atom stereocenters. The Morgan fingerprint density at radius 3 is 3.11 bits per heavy atom. The monoisotopic (exact) mass is 249 g/mol. The number of aromatic nitrogens is 2. The topological polar surface area (TPSA) is 79.3 Å². The molecule has 18 heavy (non-hydrogen) atoms. The first kappa shape index (κ1) is 11.2. The normalized spacial score (nSPS) is 23.4. The first-order valence-electron chi connectivity index (χ1n) is 6.03. The van der Waals surface area contributed by atoms with Crippen LogP contribution in [0.5, 0.6) is 0 Å². The second kappa shape index (κ2) is 4.41. The van der Waals surface area contributed by atoms with E-state index in [1.165, 1.54) is 0 Å². The fourth-order valence-corrected chi connectivity index (χ4v) is 2.32. The molecule has 0 aromatic carbocycles. The molecule has 0 saturated carbocycles. The lowest BCUT2D eigenvalue weighted by atomic mass is 10.2. The van der Waals surface area contributed by atoms with Crippen LogP contribution < -0.4 is 10.6 Å². The number of imidazole rings is 1. The van der Waals surface area contributed by atoms with Crippen LogP contribution in [0.4, 0.5) is 0 Å². The van der Waals surface area contributed by atoms with E-state index in [4.69, 9.17) is 0 Å². The molecule has 2 N–H and O–H groups in total. The van der Waals surface area contributed by atoms with Crippen LogP contribution >= 0.6 is 0 Å². The summed E-state index contributed by atoms with van der Waals surface area (Å²) in [6.45, 7) is 2.58. The molecule has 0 radical (unpaired) electrons. The molecule has 96 valence electrons. The van der Waals surface area contributed by atoms with Gasteiger partial charge >= 0.3 is 0 Å². The third-order valence-electron chi connectivity index (χ3n) is 3.37. The molecule has 1 unspecified atom stereocenters. The maximum absolute atomic E-state index is 12.3. The molecule has 7 heteroatoms. The molecule has 1 aromatic rings. The van der Waals surface area contributed by atoms with Crippen LogP contribution in [-0.2, 0) is 22.7 Å². The summed E-state index contributed by atoms with van der Waals surface area (Å²) >= 11 is 0. The third kappa shape index (κ3) is 1.97. The molecule has 2 aliphatic heterocycles. The van der Waals surface area contributed by atoms with E-state index in [-0.39, 0.29) is 24.4 Å². The Bertz CT molecular complexity index is 474. The largest absolute Gasteiger partial charge is 0.353 e. The zero-order chi connectivity index (χ0) is 12.5. The van der Waals surface area contributed by atoms with Crippen LogP contribution in [0.15, 0.2) is 12.4 Å². The van der Waals surface area contributed by atoms with Crippen LogP contribution in [0, 0.1) is 0 Å². The lowest BCUT2D eigenvalue weighted by molar-refractivity contribution is -0.136. The number of nitrogens with zero attached hydrogens (tertiary/aromatic N) is 3. The van der Waals surface area contributed by atoms with E-state index in [0.717, 1.165) is 12.4 Å². The molecule has 1 saturated heterocycles. The molecule has 0 aliphatic carbocycles. The number of piperazine rings is 1. The van der Waals surface area contributed by atoms with Gasteiger partial charge in [-0.15, -0.1) is 0 Å². The van der Waals surface area contributed by atoms with Crippen molar-refractivity contribution in [1.29, 1.82) is 0 Å². The van der Waals surface area contributed by atoms with Gasteiger partial charge in [0.1, 0.15) is 11.9 Å². The van der Waals surface area contributed by atoms with Crippen LogP contribution in [0.25, 0.3) is 0 Å². The van der Waals surface area contributed by atoms with Crippen molar-refractivity contribution in [3.8, 4) is 0 Å². The molecule has 7 nitrogen and oxygen atoms in total. The Labute approximate surface area is 104 Å². The van der Waals surface area contributed by atoms with Crippen molar-refractivity contribution in [1.82, 2.24) is 25.1 Å². The second-order valence-electron chi connectivity index (χ2n) is 4.53. The lowest BCUT2D eigenvalue weighted by Crippen LogP contribution is -2.59. The number of hydrogen-bond acceptors (Lipinski definition) is 4. The number of nitrogens with one attached hydrogen (secondary N) is 2. The van der Waals surface area contributed by atoms with Crippen molar-refractivity contribution in [2.24, 2.45) is 0 Å². The van der Waals surface area contributed by atoms with Crippen molar-refractivity contribution >= 4 is 11.8 Å². The summed E-state index contributed by atoms with van der Waals surface area (Å²) in [5.41, 5.74) is 0. The van der Waals surface area contributed by atoms with E-state index in [1.807, 2.05) is 6.20 Å². The predicted octanol–water partition coefficient (Wildman–Crippen LogP) is -1.69. The Morgan fingerprint density at radius 1 is 1.44 bits per heavy atom. The first-order valence-corrected chi connectivity index (χ1v) is 6.03. The van der Waals surface area contributed by atoms with Crippen LogP contribution in [0.1, 0.15) is 5.82 Å². The van der Waals surface area contributed by atoms with Gasteiger partial charge in [0.2, 0.25) is 11.8 Å². The number of amides is 2. The van der Waals surface area contributed by atoms with Crippen molar-refractivity contribution in [2.75, 3.05) is 19.6 Å². The zero-order valence-electron chi connectivity index (χ0n) is 9.93. The van der Waals surface area contributed by atoms with Crippen molar-refractivity contribution in [3.05, 3.63) is 18.2 Å². The van der Waals surface area contributed by atoms with E-state index in [9.17, 15) is 9.59 Å². The molecule has 1 aromatic heterocycles. The van der Waals surface area contributed by atoms with E-state index in [1.54, 1.807) is 11.1 Å². The number of hydrogen-bond donors (Lipinski definition) is 2. The highest BCUT2D eigenvalue weighted by molar-refractivity contribution is 5.86. The second-order valence-corrected chi connectivity index (χ2v) is 4.53. The Balaban J connectivity index is 1.65. The van der Waals surface area contributed by atoms with Gasteiger partial charge in [0.15, 0.2) is 0 Å². The van der Waals surface area contributed by atoms with Crippen LogP contribution in [0.2, 0.25) is 0 Å². The first-order chi connectivity index (χ1) is 8.74. The molecule has 2 aliphatic rings. The van der Waals surface area contributed by atoms with Gasteiger partial charge in [0, 0.05) is 32.0 Å². The van der Waals surface area contributed by atoms with E-state index in [2.05, 4.69) is 20.2 Å². The molecule has 1 fully saturated rings. The van der Waals surface area contributed by atoms with Crippen molar-refractivity contribution in [3.63, 3.8) is 0 Å². The molecular formula is C11H15N5O2. The minimum Gasteiger partial charge on any atom is -0.353 e. The maximum atomic E-state index is 12.3. The summed E-state index contributed by atoms with van der Waals surface area (Å²) in [6.07, 6.45) is 3.68. The average Bonchev–Trinajstić information content (AvgIpc) is 2.86. The fourth-order valence-electron chi connectivity index (χ4n) is 2.32. The third-order valence-corrected chi connectivity index (χ3v) is 3.37. The zero-order valence-corrected chi connectivity index (χ0v) is 9.93. The summed E-state index contributed by atoms with van der Waals surface area (Å²) in [7, 11) is 0. The van der Waals surface area contributed by atoms with E-state index < -0.39 is 0 Å². The van der Waals surface area contributed by atoms with Gasteiger partial charge in [0.25, 0.3) is 0 Å². The van der Waals surface area contributed by atoms with Gasteiger partial charge in [0.05, 0.1) is 13.1 Å². The molecule has 3 heterocycles. The van der Waals surface area contributed by atoms with Gasteiger partial charge in [-0.2, -0.15) is 0 Å². The van der Waals surface area contributed by atoms with Gasteiger partial charge in [-0.3, -0.25) is 14.9 Å². The minimum absolute atomic E-state index is 0.0317. The van der Waals surface area contributed by atoms with Gasteiger partial charge in [-0.1, -0.05) is 0 Å². The molecular weight excluding hydrogens is 234 g/mol. The number of carbonyl (C=O) groups excluding carboxylic acids is 2. The number of rotatable bonds is 1. The fraction of sp³-hybridized carbons (Fsp3) is 0.545. The highest BCUT2D eigenvalue weighted by Gasteiger charge is 2.30. The van der Waals surface area contributed by atoms with Crippen molar-refractivity contribution in [2.45, 2.75) is 19.1 Å². The molecule has 0 bridgehead atoms. The Hall–Kier alpha value is -1.89. The Kier molecular flexibility index (Phi) is 2.75. The number of carbonyl (C=O) groups is 2. The predicted molar refractivity (Wildman–Crippen MR) is 62.4 cm³/mol. The summed E-state index contributed by atoms with van der Waals surface area (Å²) in [6, 6.07) is -0.316. The van der Waals surface area contributed by atoms with Crippen molar-refractivity contribution < 1.29 is 9.59 Å². The molecule has 2 amide bonds. The Morgan fingerprint density at radius 2 is 2.33 bits per heavy atom. The highest BCUT2D eigenvalue weighted by Crippen LogP contribution is 2.11. The lowest BCUT2D eigenvalue weighted by Gasteiger charge is -2.32. The quantitative estimate of drug-likeness (QED) is 0.622. The van der Waals surface area contributed by atoms with Crippen LogP contribution in [0.3, 0.4) is 0 Å². The van der Waals surface area contributed by atoms with E-state index >= 15 is 0 Å². The smallest absolute Gasteiger partial charge is 0.242 e. The van der Waals surface area contributed by atoms with Crippen LogP contribution in [-0.4, -0.2) is 51.9 Å². The number of fused-ring (bicyclic) bond motifs is 1. The SMILES string of the molecule is O=C1CNC(C(=O)N2CCn3ccnc3C2)CN1. The summed E-state index contributed by atoms with van der Waals surface area (Å²) in [5.74, 6) is 0.881. The summed E-state index contributed by atoms with van der Waals surface area (Å²) in [4.78, 5) is 29.3. The standard InChI is InChI=1S/C11H15N5O2/c17-10-6-13-8(5-14-10)11(18)16-4-3-15-2-1-12-9(15)7-16/h1-2,8,13H,3-7H2,(H,14,17). The summed E-state index contributed by atoms with van der Waals surface area (Å²) in [5, 5.41) is 5.65. The summed E-state index contributed by atoms with van der Waals surface area (Å²) < 4.78 is 2.06. The van der Waals surface area contributed by atoms with E-state index in [0.29, 0.717) is 19.6 Å². The molecule has 3 rings (SSSR count). The molecule has 0 spiro atoms. The van der Waals surface area contributed by atoms with Gasteiger partial charge in [-0.25, -0.2) is 4.98 Å². The average molecular weight is 249 g/mol. The minimum atomic E-state index is -0.316. The highest BCUT2D eigenvalue weighted by atomic mass is 16.2. The van der Waals surface area contributed by atoms with Gasteiger partial charge < -0.3 is 14.8 Å².